The monoisotopic (exact) mass is 223 g/mol. The van der Waals surface area contributed by atoms with Crippen molar-refractivity contribution in [2.24, 2.45) is 5.92 Å². The van der Waals surface area contributed by atoms with Gasteiger partial charge in [-0.2, -0.15) is 11.3 Å². The lowest BCUT2D eigenvalue weighted by atomic mass is 10.0. The van der Waals surface area contributed by atoms with Crippen molar-refractivity contribution < 1.29 is 4.79 Å². The van der Waals surface area contributed by atoms with Gasteiger partial charge in [-0.15, -0.1) is 0 Å². The highest BCUT2D eigenvalue weighted by atomic mass is 32.1. The Hall–Kier alpha value is -0.830. The van der Waals surface area contributed by atoms with Gasteiger partial charge in [-0.3, -0.25) is 4.79 Å². The Morgan fingerprint density at radius 1 is 1.47 bits per heavy atom. The van der Waals surface area contributed by atoms with Gasteiger partial charge in [0.15, 0.2) is 0 Å². The maximum absolute atomic E-state index is 11.6. The zero-order valence-electron chi connectivity index (χ0n) is 8.87. The highest BCUT2D eigenvalue weighted by Crippen LogP contribution is 2.27. The van der Waals surface area contributed by atoms with E-state index in [4.69, 9.17) is 0 Å². The number of hydrogen-bond donors (Lipinski definition) is 1. The van der Waals surface area contributed by atoms with E-state index in [1.807, 2.05) is 5.38 Å². The Kier molecular flexibility index (Phi) is 3.78. The van der Waals surface area contributed by atoms with E-state index in [-0.39, 0.29) is 5.91 Å². The van der Waals surface area contributed by atoms with Gasteiger partial charge in [-0.05, 0) is 41.1 Å². The largest absolute Gasteiger partial charge is 0.352 e. The fraction of sp³-hybridized carbons (Fsp3) is 0.583. The van der Waals surface area contributed by atoms with Crippen LogP contribution in [0.15, 0.2) is 16.8 Å². The van der Waals surface area contributed by atoms with Crippen LogP contribution in [0.4, 0.5) is 0 Å². The predicted molar refractivity (Wildman–Crippen MR) is 62.7 cm³/mol. The zero-order valence-corrected chi connectivity index (χ0v) is 9.69. The van der Waals surface area contributed by atoms with Crippen LogP contribution in [0.3, 0.4) is 0 Å². The molecular weight excluding hydrogens is 206 g/mol. The molecule has 0 unspecified atom stereocenters. The Bertz CT molecular complexity index is 301. The van der Waals surface area contributed by atoms with Crippen LogP contribution in [0.25, 0.3) is 0 Å². The Balaban J connectivity index is 1.68. The third-order valence-corrected chi connectivity index (χ3v) is 3.75. The van der Waals surface area contributed by atoms with Gasteiger partial charge in [0.25, 0.3) is 0 Å². The molecule has 1 N–H and O–H groups in total. The average molecular weight is 223 g/mol. The molecule has 1 aliphatic rings. The second-order valence-electron chi connectivity index (χ2n) is 4.26. The molecule has 1 saturated carbocycles. The van der Waals surface area contributed by atoms with Crippen LogP contribution in [0.5, 0.6) is 0 Å². The summed E-state index contributed by atoms with van der Waals surface area (Å²) in [5.41, 5.74) is 1.21. The fourth-order valence-electron chi connectivity index (χ4n) is 2.14. The lowest BCUT2D eigenvalue weighted by molar-refractivity contribution is -0.122. The van der Waals surface area contributed by atoms with Gasteiger partial charge in [0.1, 0.15) is 0 Å². The third kappa shape index (κ3) is 3.34. The lowest BCUT2D eigenvalue weighted by Gasteiger charge is -2.08. The first-order valence-corrected chi connectivity index (χ1v) is 6.56. The molecule has 0 aromatic carbocycles. The Labute approximate surface area is 94.7 Å². The van der Waals surface area contributed by atoms with Crippen LogP contribution in [-0.4, -0.2) is 5.91 Å². The minimum absolute atomic E-state index is 0.216. The van der Waals surface area contributed by atoms with Crippen molar-refractivity contribution >= 4 is 17.2 Å². The van der Waals surface area contributed by atoms with Gasteiger partial charge in [0, 0.05) is 13.0 Å². The van der Waals surface area contributed by atoms with Crippen LogP contribution < -0.4 is 5.32 Å². The van der Waals surface area contributed by atoms with E-state index in [9.17, 15) is 4.79 Å². The van der Waals surface area contributed by atoms with Gasteiger partial charge >= 0.3 is 0 Å². The van der Waals surface area contributed by atoms with E-state index in [1.54, 1.807) is 11.3 Å². The van der Waals surface area contributed by atoms with Gasteiger partial charge in [-0.1, -0.05) is 12.8 Å². The van der Waals surface area contributed by atoms with Crippen molar-refractivity contribution in [3.05, 3.63) is 22.4 Å². The van der Waals surface area contributed by atoms with Crippen molar-refractivity contribution in [1.82, 2.24) is 5.32 Å². The maximum Gasteiger partial charge on any atom is 0.220 e. The second kappa shape index (κ2) is 5.31. The highest BCUT2D eigenvalue weighted by Gasteiger charge is 2.17. The van der Waals surface area contributed by atoms with Crippen LogP contribution >= 0.6 is 11.3 Å². The number of hydrogen-bond acceptors (Lipinski definition) is 2. The van der Waals surface area contributed by atoms with Crippen molar-refractivity contribution in [3.63, 3.8) is 0 Å². The van der Waals surface area contributed by atoms with Crippen LogP contribution in [0.1, 0.15) is 37.7 Å². The summed E-state index contributed by atoms with van der Waals surface area (Å²) >= 11 is 1.67. The molecule has 1 amide bonds. The smallest absolute Gasteiger partial charge is 0.220 e. The first-order valence-electron chi connectivity index (χ1n) is 5.62. The predicted octanol–water partition coefficient (Wildman–Crippen LogP) is 2.94. The molecule has 0 spiro atoms. The molecule has 1 fully saturated rings. The fourth-order valence-corrected chi connectivity index (χ4v) is 2.81. The van der Waals surface area contributed by atoms with Crippen molar-refractivity contribution in [1.29, 1.82) is 0 Å². The highest BCUT2D eigenvalue weighted by molar-refractivity contribution is 7.07. The van der Waals surface area contributed by atoms with E-state index in [2.05, 4.69) is 16.8 Å². The number of carbonyl (C=O) groups excluding carboxylic acids is 1. The minimum atomic E-state index is 0.216. The molecule has 1 aliphatic carbocycles. The second-order valence-corrected chi connectivity index (χ2v) is 5.04. The minimum Gasteiger partial charge on any atom is -0.352 e. The van der Waals surface area contributed by atoms with Crippen molar-refractivity contribution in [2.75, 3.05) is 0 Å². The first kappa shape index (κ1) is 10.7. The molecular formula is C12H17NOS. The van der Waals surface area contributed by atoms with Gasteiger partial charge < -0.3 is 5.32 Å². The SMILES string of the molecule is O=C(CC1CCCC1)NCc1ccsc1. The zero-order chi connectivity index (χ0) is 10.5. The van der Waals surface area contributed by atoms with E-state index >= 15 is 0 Å². The summed E-state index contributed by atoms with van der Waals surface area (Å²) in [6, 6.07) is 2.06. The molecule has 0 radical (unpaired) electrons. The summed E-state index contributed by atoms with van der Waals surface area (Å²) in [4.78, 5) is 11.6. The van der Waals surface area contributed by atoms with Crippen LogP contribution in [0, 0.1) is 5.92 Å². The number of nitrogens with one attached hydrogen (secondary N) is 1. The number of rotatable bonds is 4. The molecule has 2 rings (SSSR count). The summed E-state index contributed by atoms with van der Waals surface area (Å²) in [5.74, 6) is 0.862. The first-order chi connectivity index (χ1) is 7.34. The molecule has 0 aliphatic heterocycles. The average Bonchev–Trinajstić information content (AvgIpc) is 2.86. The van der Waals surface area contributed by atoms with Crippen LogP contribution in [-0.2, 0) is 11.3 Å². The van der Waals surface area contributed by atoms with Crippen molar-refractivity contribution in [3.8, 4) is 0 Å². The van der Waals surface area contributed by atoms with E-state index in [1.165, 1.54) is 31.2 Å². The molecule has 15 heavy (non-hydrogen) atoms. The molecule has 3 heteroatoms. The van der Waals surface area contributed by atoms with Gasteiger partial charge in [-0.25, -0.2) is 0 Å². The summed E-state index contributed by atoms with van der Waals surface area (Å²) in [7, 11) is 0. The standard InChI is InChI=1S/C12H17NOS/c14-12(7-10-3-1-2-4-10)13-8-11-5-6-15-9-11/h5-6,9-10H,1-4,7-8H2,(H,13,14). The lowest BCUT2D eigenvalue weighted by Crippen LogP contribution is -2.24. The molecule has 1 aromatic rings. The third-order valence-electron chi connectivity index (χ3n) is 3.02. The molecule has 0 saturated heterocycles. The number of amides is 1. The van der Waals surface area contributed by atoms with Crippen LogP contribution in [0.2, 0.25) is 0 Å². The summed E-state index contributed by atoms with van der Waals surface area (Å²) in [5, 5.41) is 7.10. The van der Waals surface area contributed by atoms with Crippen molar-refractivity contribution in [2.45, 2.75) is 38.6 Å². The van der Waals surface area contributed by atoms with Gasteiger partial charge in [0.05, 0.1) is 0 Å². The molecule has 2 nitrogen and oxygen atoms in total. The maximum atomic E-state index is 11.6. The quantitative estimate of drug-likeness (QED) is 0.835. The Morgan fingerprint density at radius 2 is 2.27 bits per heavy atom. The number of thiophene rings is 1. The topological polar surface area (TPSA) is 29.1 Å². The Morgan fingerprint density at radius 3 is 2.93 bits per heavy atom. The number of carbonyl (C=O) groups is 1. The van der Waals surface area contributed by atoms with E-state index < -0.39 is 0 Å². The van der Waals surface area contributed by atoms with E-state index in [0.717, 1.165) is 6.42 Å². The molecule has 0 atom stereocenters. The summed E-state index contributed by atoms with van der Waals surface area (Å²) < 4.78 is 0. The van der Waals surface area contributed by atoms with E-state index in [0.29, 0.717) is 12.5 Å². The summed E-state index contributed by atoms with van der Waals surface area (Å²) in [6.07, 6.45) is 5.83. The molecule has 1 heterocycles. The molecule has 82 valence electrons. The molecule has 1 aromatic heterocycles. The van der Waals surface area contributed by atoms with Gasteiger partial charge in [0.2, 0.25) is 5.91 Å². The summed E-state index contributed by atoms with van der Waals surface area (Å²) in [6.45, 7) is 0.690. The normalized spacial score (nSPS) is 16.8. The molecule has 0 bridgehead atoms.